The summed E-state index contributed by atoms with van der Waals surface area (Å²) in [6.45, 7) is 10.4. The first-order valence-corrected chi connectivity index (χ1v) is 11.6. The van der Waals surface area contributed by atoms with Gasteiger partial charge < -0.3 is 14.9 Å². The maximum absolute atomic E-state index is 14.9. The lowest BCUT2D eigenvalue weighted by Crippen LogP contribution is -2.32. The largest absolute Gasteiger partial charge is 0.392 e. The molecule has 1 aliphatic rings. The fourth-order valence-electron chi connectivity index (χ4n) is 4.82. The van der Waals surface area contributed by atoms with Crippen molar-refractivity contribution in [3.05, 3.63) is 77.2 Å². The quantitative estimate of drug-likeness (QED) is 0.429. The summed E-state index contributed by atoms with van der Waals surface area (Å²) in [6, 6.07) is 11.0. The second-order valence-electron chi connectivity index (χ2n) is 9.18. The third kappa shape index (κ3) is 4.03. The summed E-state index contributed by atoms with van der Waals surface area (Å²) in [6.07, 6.45) is 4.66. The van der Waals surface area contributed by atoms with E-state index >= 15 is 0 Å². The van der Waals surface area contributed by atoms with Crippen LogP contribution in [0.1, 0.15) is 17.5 Å². The van der Waals surface area contributed by atoms with Crippen LogP contribution < -0.4 is 4.90 Å². The van der Waals surface area contributed by atoms with E-state index in [-0.39, 0.29) is 12.2 Å². The highest BCUT2D eigenvalue weighted by molar-refractivity contribution is 5.91. The van der Waals surface area contributed by atoms with Crippen LogP contribution >= 0.6 is 0 Å². The van der Waals surface area contributed by atoms with E-state index in [1.165, 1.54) is 6.07 Å². The van der Waals surface area contributed by atoms with E-state index in [0.717, 1.165) is 31.0 Å². The van der Waals surface area contributed by atoms with E-state index in [0.29, 0.717) is 39.8 Å². The average molecular weight is 471 g/mol. The first-order valence-electron chi connectivity index (χ1n) is 11.6. The highest BCUT2D eigenvalue weighted by atomic mass is 19.1. The molecule has 4 aromatic rings. The molecule has 35 heavy (non-hydrogen) atoms. The number of aliphatic hydroxyl groups is 1. The van der Waals surface area contributed by atoms with Gasteiger partial charge in [0.2, 0.25) is 5.95 Å². The summed E-state index contributed by atoms with van der Waals surface area (Å²) in [5, 5.41) is 9.60. The molecule has 0 bridgehead atoms. The van der Waals surface area contributed by atoms with Crippen LogP contribution in [-0.4, -0.2) is 57.6 Å². The van der Waals surface area contributed by atoms with Crippen molar-refractivity contribution in [2.75, 3.05) is 32.1 Å². The van der Waals surface area contributed by atoms with Crippen molar-refractivity contribution in [3.63, 3.8) is 0 Å². The van der Waals surface area contributed by atoms with Crippen molar-refractivity contribution >= 4 is 17.3 Å². The lowest BCUT2D eigenvalue weighted by atomic mass is 9.96. The Bertz CT molecular complexity index is 1410. The van der Waals surface area contributed by atoms with E-state index in [1.54, 1.807) is 25.3 Å². The zero-order chi connectivity index (χ0) is 24.7. The van der Waals surface area contributed by atoms with E-state index < -0.39 is 5.82 Å². The summed E-state index contributed by atoms with van der Waals surface area (Å²) in [5.74, 6) is 0.331. The van der Waals surface area contributed by atoms with Crippen LogP contribution in [0.2, 0.25) is 0 Å². The maximum Gasteiger partial charge on any atom is 0.212 e. The van der Waals surface area contributed by atoms with Crippen molar-refractivity contribution in [2.24, 2.45) is 0 Å². The van der Waals surface area contributed by atoms with Gasteiger partial charge >= 0.3 is 0 Å². The number of aliphatic hydroxyl groups excluding tert-OH is 1. The second-order valence-corrected chi connectivity index (χ2v) is 9.18. The van der Waals surface area contributed by atoms with E-state index in [4.69, 9.17) is 11.6 Å². The van der Waals surface area contributed by atoms with Crippen molar-refractivity contribution < 1.29 is 9.50 Å². The Morgan fingerprint density at radius 3 is 2.60 bits per heavy atom. The van der Waals surface area contributed by atoms with E-state index in [1.807, 2.05) is 28.8 Å². The van der Waals surface area contributed by atoms with Gasteiger partial charge in [-0.15, -0.1) is 0 Å². The fraction of sp³-hybridized carbons (Fsp3) is 0.296. The Kier molecular flexibility index (Phi) is 5.97. The minimum atomic E-state index is -0.459. The standard InChI is InChI=1S/C27H27FN6O/c1-17-13-19(14-23(28)22(17)16-35)24-25(18-5-7-20(29-2)8-6-18)31-27(34-12-10-30-26(24)34)33-11-9-21(15-33)32(3)4/h5-8,10,12-14,21,35H,9,11,15-16H2,1,3-4H3/t21-/m1/s1. The summed E-state index contributed by atoms with van der Waals surface area (Å²) in [7, 11) is 4.18. The molecule has 8 heteroatoms. The zero-order valence-corrected chi connectivity index (χ0v) is 20.0. The number of likely N-dealkylation sites (N-methyl/N-ethyl adjacent to an activating group) is 1. The van der Waals surface area contributed by atoms with Crippen molar-refractivity contribution in [1.82, 2.24) is 19.3 Å². The molecule has 7 nitrogen and oxygen atoms in total. The Morgan fingerprint density at radius 1 is 1.20 bits per heavy atom. The topological polar surface area (TPSA) is 61.3 Å². The van der Waals surface area contributed by atoms with Crippen LogP contribution in [0.5, 0.6) is 0 Å². The minimum absolute atomic E-state index is 0.285. The van der Waals surface area contributed by atoms with E-state index in [9.17, 15) is 9.50 Å². The number of halogens is 1. The predicted molar refractivity (Wildman–Crippen MR) is 135 cm³/mol. The van der Waals surface area contributed by atoms with Gasteiger partial charge in [-0.25, -0.2) is 19.2 Å². The van der Waals surface area contributed by atoms with Gasteiger partial charge in [0.15, 0.2) is 5.69 Å². The van der Waals surface area contributed by atoms with Crippen LogP contribution in [0, 0.1) is 19.3 Å². The molecule has 3 heterocycles. The van der Waals surface area contributed by atoms with E-state index in [2.05, 4.69) is 33.7 Å². The van der Waals surface area contributed by atoms with Crippen molar-refractivity contribution in [2.45, 2.75) is 26.0 Å². The lowest BCUT2D eigenvalue weighted by Gasteiger charge is -2.23. The van der Waals surface area contributed by atoms with Crippen LogP contribution in [-0.2, 0) is 6.61 Å². The monoisotopic (exact) mass is 470 g/mol. The molecule has 0 spiro atoms. The molecule has 1 fully saturated rings. The van der Waals surface area contributed by atoms with Gasteiger partial charge in [0, 0.05) is 37.1 Å². The summed E-state index contributed by atoms with van der Waals surface area (Å²) in [4.78, 5) is 17.8. The highest BCUT2D eigenvalue weighted by Gasteiger charge is 2.29. The number of aromatic nitrogens is 3. The van der Waals surface area contributed by atoms with Gasteiger partial charge in [-0.2, -0.15) is 0 Å². The molecular formula is C27H27FN6O. The van der Waals surface area contributed by atoms with Gasteiger partial charge in [0.05, 0.1) is 24.4 Å². The SMILES string of the molecule is [C-]#[N+]c1ccc(-c2nc(N3CC[C@@H](N(C)C)C3)n3ccnc3c2-c2cc(C)c(CO)c(F)c2)cc1. The molecule has 178 valence electrons. The molecule has 0 unspecified atom stereocenters. The Hall–Kier alpha value is -3.80. The smallest absolute Gasteiger partial charge is 0.212 e. The molecule has 1 atom stereocenters. The summed E-state index contributed by atoms with van der Waals surface area (Å²) < 4.78 is 16.9. The van der Waals surface area contributed by atoms with Crippen molar-refractivity contribution in [1.29, 1.82) is 0 Å². The molecule has 2 aromatic carbocycles. The van der Waals surface area contributed by atoms with Gasteiger partial charge in [-0.05, 0) is 50.2 Å². The van der Waals surface area contributed by atoms with Gasteiger partial charge in [0.1, 0.15) is 11.5 Å². The molecule has 1 saturated heterocycles. The fourth-order valence-corrected chi connectivity index (χ4v) is 4.82. The Morgan fingerprint density at radius 2 is 1.97 bits per heavy atom. The predicted octanol–water partition coefficient (Wildman–Crippen LogP) is 4.69. The summed E-state index contributed by atoms with van der Waals surface area (Å²) >= 11 is 0. The molecule has 0 saturated carbocycles. The number of aryl methyl sites for hydroxylation is 1. The third-order valence-corrected chi connectivity index (χ3v) is 6.84. The van der Waals surface area contributed by atoms with Gasteiger partial charge in [0.25, 0.3) is 0 Å². The Labute approximate surface area is 203 Å². The van der Waals surface area contributed by atoms with Crippen LogP contribution in [0.3, 0.4) is 0 Å². The molecular weight excluding hydrogens is 443 g/mol. The average Bonchev–Trinajstić information content (AvgIpc) is 3.53. The number of fused-ring (bicyclic) bond motifs is 1. The molecule has 1 aliphatic heterocycles. The Balaban J connectivity index is 1.76. The zero-order valence-electron chi connectivity index (χ0n) is 20.0. The van der Waals surface area contributed by atoms with Gasteiger partial charge in [-0.1, -0.05) is 30.3 Å². The number of imidazole rings is 1. The molecule has 2 aromatic heterocycles. The van der Waals surface area contributed by atoms with Crippen LogP contribution in [0.4, 0.5) is 16.0 Å². The molecule has 0 aliphatic carbocycles. The molecule has 5 rings (SSSR count). The normalized spacial score (nSPS) is 15.8. The minimum Gasteiger partial charge on any atom is -0.392 e. The first kappa shape index (κ1) is 23.0. The molecule has 0 radical (unpaired) electrons. The number of hydrogen-bond acceptors (Lipinski definition) is 5. The number of benzene rings is 2. The summed E-state index contributed by atoms with van der Waals surface area (Å²) in [5.41, 5.74) is 5.04. The van der Waals surface area contributed by atoms with Crippen LogP contribution in [0.15, 0.2) is 48.8 Å². The van der Waals surface area contributed by atoms with Crippen LogP contribution in [0.25, 0.3) is 32.9 Å². The maximum atomic E-state index is 14.9. The second kappa shape index (κ2) is 9.10. The number of rotatable bonds is 5. The molecule has 1 N–H and O–H groups in total. The van der Waals surface area contributed by atoms with Gasteiger partial charge in [-0.3, -0.25) is 4.40 Å². The lowest BCUT2D eigenvalue weighted by molar-refractivity contribution is 0.275. The number of hydrogen-bond donors (Lipinski definition) is 1. The third-order valence-electron chi connectivity index (χ3n) is 6.84. The highest BCUT2D eigenvalue weighted by Crippen LogP contribution is 2.38. The number of anilines is 1. The van der Waals surface area contributed by atoms with Crippen molar-refractivity contribution in [3.8, 4) is 22.4 Å². The number of nitrogens with zero attached hydrogens (tertiary/aromatic N) is 6. The first-order chi connectivity index (χ1) is 16.9. The molecule has 0 amide bonds.